The van der Waals surface area contributed by atoms with Crippen molar-refractivity contribution in [3.05, 3.63) is 52.1 Å². The van der Waals surface area contributed by atoms with Crippen LogP contribution >= 0.6 is 11.8 Å². The van der Waals surface area contributed by atoms with E-state index in [-0.39, 0.29) is 12.5 Å². The molecule has 0 atom stereocenters. The molecule has 152 valence electrons. The highest BCUT2D eigenvalue weighted by molar-refractivity contribution is 8.18. The molecule has 2 saturated heterocycles. The van der Waals surface area contributed by atoms with E-state index in [2.05, 4.69) is 4.57 Å². The summed E-state index contributed by atoms with van der Waals surface area (Å²) in [5.41, 5.74) is 2.90. The van der Waals surface area contributed by atoms with Gasteiger partial charge in [-0.25, -0.2) is 0 Å². The zero-order valence-corrected chi connectivity index (χ0v) is 17.3. The molecular weight excluding hydrogens is 390 g/mol. The summed E-state index contributed by atoms with van der Waals surface area (Å²) in [7, 11) is 0. The number of likely N-dealkylation sites (tertiary alicyclic amines) is 1. The number of furan rings is 1. The predicted octanol–water partition coefficient (Wildman–Crippen LogP) is 3.40. The Morgan fingerprint density at radius 1 is 1.24 bits per heavy atom. The molecule has 8 heteroatoms. The molecule has 2 fully saturated rings. The van der Waals surface area contributed by atoms with Gasteiger partial charge in [0.1, 0.15) is 12.3 Å². The molecule has 2 aromatic heterocycles. The van der Waals surface area contributed by atoms with Gasteiger partial charge in [-0.2, -0.15) is 0 Å². The lowest BCUT2D eigenvalue weighted by Crippen LogP contribution is -2.40. The Morgan fingerprint density at radius 3 is 2.69 bits per heavy atom. The lowest BCUT2D eigenvalue weighted by Gasteiger charge is -2.18. The second kappa shape index (κ2) is 7.94. The van der Waals surface area contributed by atoms with E-state index in [1.54, 1.807) is 17.2 Å². The van der Waals surface area contributed by atoms with Gasteiger partial charge in [0.15, 0.2) is 0 Å². The Kier molecular flexibility index (Phi) is 5.36. The van der Waals surface area contributed by atoms with Crippen molar-refractivity contribution in [1.29, 1.82) is 0 Å². The van der Waals surface area contributed by atoms with Crippen LogP contribution in [0.3, 0.4) is 0 Å². The number of imide groups is 1. The molecule has 0 N–H and O–H groups in total. The largest absolute Gasteiger partial charge is 0.467 e. The van der Waals surface area contributed by atoms with Gasteiger partial charge in [0.25, 0.3) is 11.1 Å². The molecule has 0 aliphatic carbocycles. The number of aromatic nitrogens is 1. The first-order chi connectivity index (χ1) is 13.9. The number of thioether (sulfide) groups is 1. The Morgan fingerprint density at radius 2 is 2.00 bits per heavy atom. The van der Waals surface area contributed by atoms with Crippen molar-refractivity contribution in [2.45, 2.75) is 33.2 Å². The lowest BCUT2D eigenvalue weighted by atomic mass is 10.2. The monoisotopic (exact) mass is 413 g/mol. The first-order valence-corrected chi connectivity index (χ1v) is 10.5. The van der Waals surface area contributed by atoms with E-state index in [1.165, 1.54) is 0 Å². The Hall–Kier alpha value is -2.74. The summed E-state index contributed by atoms with van der Waals surface area (Å²) in [6.07, 6.45) is 5.33. The van der Waals surface area contributed by atoms with Crippen LogP contribution < -0.4 is 0 Å². The minimum atomic E-state index is -0.400. The molecule has 2 aromatic rings. The number of rotatable bonds is 5. The average Bonchev–Trinajstić information content (AvgIpc) is 3.47. The standard InChI is InChI=1S/C21H23N3O4S/c1-14-10-16(15(2)23(14)12-17-6-5-9-28-17)11-18-20(26)24(21(27)29-18)13-19(25)22-7-3-4-8-22/h5-6,9-11H,3-4,7-8,12-13H2,1-2H3/b18-11-. The quantitative estimate of drug-likeness (QED) is 0.702. The average molecular weight is 413 g/mol. The highest BCUT2D eigenvalue weighted by Crippen LogP contribution is 2.33. The Labute approximate surface area is 173 Å². The Balaban J connectivity index is 1.52. The van der Waals surface area contributed by atoms with E-state index in [4.69, 9.17) is 4.42 Å². The van der Waals surface area contributed by atoms with E-state index in [0.717, 1.165) is 52.2 Å². The fourth-order valence-corrected chi connectivity index (χ4v) is 4.58. The van der Waals surface area contributed by atoms with Crippen LogP contribution in [0.4, 0.5) is 4.79 Å². The molecule has 2 aliphatic rings. The van der Waals surface area contributed by atoms with Gasteiger partial charge in [-0.1, -0.05) is 0 Å². The van der Waals surface area contributed by atoms with Gasteiger partial charge in [0, 0.05) is 24.5 Å². The minimum Gasteiger partial charge on any atom is -0.467 e. The highest BCUT2D eigenvalue weighted by Gasteiger charge is 2.37. The summed E-state index contributed by atoms with van der Waals surface area (Å²) >= 11 is 0.890. The summed E-state index contributed by atoms with van der Waals surface area (Å²) in [6.45, 7) is 5.79. The van der Waals surface area contributed by atoms with Gasteiger partial charge in [-0.05, 0) is 68.3 Å². The van der Waals surface area contributed by atoms with Crippen molar-refractivity contribution in [1.82, 2.24) is 14.4 Å². The number of hydrogen-bond acceptors (Lipinski definition) is 5. The number of carbonyl (C=O) groups excluding carboxylic acids is 3. The fraction of sp³-hybridized carbons (Fsp3) is 0.381. The van der Waals surface area contributed by atoms with E-state index < -0.39 is 11.1 Å². The third kappa shape index (κ3) is 3.89. The van der Waals surface area contributed by atoms with Crippen LogP contribution in [0, 0.1) is 13.8 Å². The highest BCUT2D eigenvalue weighted by atomic mass is 32.2. The molecule has 4 heterocycles. The normalized spacial score (nSPS) is 18.5. The van der Waals surface area contributed by atoms with Crippen LogP contribution in [0.15, 0.2) is 33.8 Å². The first kappa shape index (κ1) is 19.6. The van der Waals surface area contributed by atoms with Crippen LogP contribution in [0.2, 0.25) is 0 Å². The molecule has 3 amide bonds. The molecule has 0 radical (unpaired) electrons. The van der Waals surface area contributed by atoms with Gasteiger partial charge in [0.05, 0.1) is 17.7 Å². The number of aryl methyl sites for hydroxylation is 1. The third-order valence-electron chi connectivity index (χ3n) is 5.42. The van der Waals surface area contributed by atoms with Crippen molar-refractivity contribution >= 4 is 34.9 Å². The SMILES string of the molecule is Cc1cc(/C=C2\SC(=O)N(CC(=O)N3CCCC3)C2=O)c(C)n1Cc1ccco1. The van der Waals surface area contributed by atoms with E-state index in [9.17, 15) is 14.4 Å². The predicted molar refractivity (Wildman–Crippen MR) is 110 cm³/mol. The second-order valence-electron chi connectivity index (χ2n) is 7.35. The fourth-order valence-electron chi connectivity index (χ4n) is 3.75. The van der Waals surface area contributed by atoms with E-state index >= 15 is 0 Å². The second-order valence-corrected chi connectivity index (χ2v) is 8.34. The zero-order valence-electron chi connectivity index (χ0n) is 16.5. The topological polar surface area (TPSA) is 75.8 Å². The summed E-state index contributed by atoms with van der Waals surface area (Å²) in [6, 6.07) is 5.76. The number of carbonyl (C=O) groups is 3. The van der Waals surface area contributed by atoms with Crippen molar-refractivity contribution in [3.63, 3.8) is 0 Å². The zero-order chi connectivity index (χ0) is 20.5. The maximum atomic E-state index is 12.8. The molecule has 0 spiro atoms. The molecule has 0 saturated carbocycles. The number of hydrogen-bond donors (Lipinski definition) is 0. The maximum Gasteiger partial charge on any atom is 0.294 e. The van der Waals surface area contributed by atoms with Crippen molar-refractivity contribution in [2.24, 2.45) is 0 Å². The minimum absolute atomic E-state index is 0.164. The van der Waals surface area contributed by atoms with Crippen LogP contribution in [-0.4, -0.2) is 51.1 Å². The summed E-state index contributed by atoms with van der Waals surface area (Å²) in [5, 5.41) is -0.391. The van der Waals surface area contributed by atoms with Gasteiger partial charge in [-0.15, -0.1) is 0 Å². The Bertz CT molecular complexity index is 984. The van der Waals surface area contributed by atoms with Crippen LogP contribution in [0.5, 0.6) is 0 Å². The van der Waals surface area contributed by atoms with Crippen molar-refractivity contribution in [3.8, 4) is 0 Å². The molecule has 0 unspecified atom stereocenters. The van der Waals surface area contributed by atoms with Crippen molar-refractivity contribution < 1.29 is 18.8 Å². The third-order valence-corrected chi connectivity index (χ3v) is 6.33. The van der Waals surface area contributed by atoms with Gasteiger partial charge < -0.3 is 13.9 Å². The van der Waals surface area contributed by atoms with Gasteiger partial charge in [-0.3, -0.25) is 19.3 Å². The molecule has 0 aromatic carbocycles. The number of nitrogens with zero attached hydrogens (tertiary/aromatic N) is 3. The first-order valence-electron chi connectivity index (χ1n) is 9.66. The smallest absolute Gasteiger partial charge is 0.294 e. The molecule has 29 heavy (non-hydrogen) atoms. The van der Waals surface area contributed by atoms with Crippen LogP contribution in [0.25, 0.3) is 6.08 Å². The van der Waals surface area contributed by atoms with E-state index in [0.29, 0.717) is 24.5 Å². The maximum absolute atomic E-state index is 12.8. The van der Waals surface area contributed by atoms with Gasteiger partial charge in [0.2, 0.25) is 5.91 Å². The number of amides is 3. The van der Waals surface area contributed by atoms with E-state index in [1.807, 2.05) is 32.0 Å². The van der Waals surface area contributed by atoms with Crippen LogP contribution in [-0.2, 0) is 16.1 Å². The lowest BCUT2D eigenvalue weighted by molar-refractivity contribution is -0.135. The van der Waals surface area contributed by atoms with Gasteiger partial charge >= 0.3 is 0 Å². The van der Waals surface area contributed by atoms with Crippen LogP contribution in [0.1, 0.15) is 35.6 Å². The molecular formula is C21H23N3O4S. The summed E-state index contributed by atoms with van der Waals surface area (Å²) in [5.74, 6) is 0.283. The summed E-state index contributed by atoms with van der Waals surface area (Å²) < 4.78 is 7.54. The van der Waals surface area contributed by atoms with Crippen molar-refractivity contribution in [2.75, 3.05) is 19.6 Å². The summed E-state index contributed by atoms with van der Waals surface area (Å²) in [4.78, 5) is 40.6. The molecule has 7 nitrogen and oxygen atoms in total. The molecule has 4 rings (SSSR count). The molecule has 2 aliphatic heterocycles. The molecule has 0 bridgehead atoms.